The summed E-state index contributed by atoms with van der Waals surface area (Å²) in [6.07, 6.45) is 7.78. The molecule has 2 aromatic rings. The number of nitrogens with zero attached hydrogens (tertiary/aromatic N) is 3. The number of alkyl halides is 1. The highest BCUT2D eigenvalue weighted by Gasteiger charge is 2.22. The average molecular weight is 326 g/mol. The lowest BCUT2D eigenvalue weighted by atomic mass is 9.82. The van der Waals surface area contributed by atoms with Crippen molar-refractivity contribution in [1.29, 1.82) is 0 Å². The first-order valence-electron chi connectivity index (χ1n) is 7.74. The molecule has 3 nitrogen and oxygen atoms in total. The van der Waals surface area contributed by atoms with Gasteiger partial charge in [0.15, 0.2) is 5.65 Å². The van der Waals surface area contributed by atoms with Gasteiger partial charge < -0.3 is 4.57 Å². The first-order valence-corrected chi connectivity index (χ1v) is 8.65. The van der Waals surface area contributed by atoms with E-state index in [1.54, 1.807) is 6.20 Å². The third-order valence-corrected chi connectivity index (χ3v) is 4.83. The molecular weight excluding hydrogens is 305 g/mol. The van der Waals surface area contributed by atoms with Crippen molar-refractivity contribution in [2.45, 2.75) is 45.6 Å². The number of hydrogen-bond donors (Lipinski definition) is 0. The summed E-state index contributed by atoms with van der Waals surface area (Å²) in [6.45, 7) is 3.36. The van der Waals surface area contributed by atoms with Gasteiger partial charge in [0.1, 0.15) is 11.3 Å². The van der Waals surface area contributed by atoms with Crippen LogP contribution in [0.1, 0.15) is 38.4 Å². The molecule has 2 unspecified atom stereocenters. The van der Waals surface area contributed by atoms with E-state index in [-0.39, 0.29) is 0 Å². The van der Waals surface area contributed by atoms with Crippen LogP contribution in [-0.4, -0.2) is 20.4 Å². The topological polar surface area (TPSA) is 30.7 Å². The van der Waals surface area contributed by atoms with Crippen LogP contribution in [-0.2, 0) is 13.0 Å². The number of halogens is 2. The number of hydrogen-bond acceptors (Lipinski definition) is 2. The maximum Gasteiger partial charge on any atom is 0.160 e. The van der Waals surface area contributed by atoms with Crippen LogP contribution in [0.4, 0.5) is 0 Å². The Bertz CT molecular complexity index is 623. The Kier molecular flexibility index (Phi) is 4.70. The highest BCUT2D eigenvalue weighted by atomic mass is 35.5. The molecule has 0 aliphatic heterocycles. The number of imidazole rings is 1. The maximum atomic E-state index is 6.03. The standard InChI is InChI=1S/C16H21Cl2N3/c1-11-3-2-4-12(7-11)10-21-15(5-6-17)20-14-8-13(18)9-19-16(14)21/h8-9,11-12H,2-7,10H2,1H3. The third kappa shape index (κ3) is 3.35. The molecule has 0 amide bonds. The Morgan fingerprint density at radius 3 is 3.00 bits per heavy atom. The Balaban J connectivity index is 1.93. The summed E-state index contributed by atoms with van der Waals surface area (Å²) in [5, 5.41) is 0.635. The van der Waals surface area contributed by atoms with Gasteiger partial charge in [-0.05, 0) is 30.7 Å². The van der Waals surface area contributed by atoms with E-state index in [0.717, 1.165) is 41.8 Å². The van der Waals surface area contributed by atoms with Gasteiger partial charge in [0.2, 0.25) is 0 Å². The lowest BCUT2D eigenvalue weighted by Crippen LogP contribution is -2.20. The van der Waals surface area contributed by atoms with Gasteiger partial charge in [-0.2, -0.15) is 0 Å². The second-order valence-electron chi connectivity index (χ2n) is 6.21. The molecule has 5 heteroatoms. The summed E-state index contributed by atoms with van der Waals surface area (Å²) in [6, 6.07) is 1.89. The van der Waals surface area contributed by atoms with Crippen LogP contribution in [0.15, 0.2) is 12.3 Å². The Morgan fingerprint density at radius 2 is 2.24 bits per heavy atom. The van der Waals surface area contributed by atoms with Crippen molar-refractivity contribution < 1.29 is 0 Å². The minimum absolute atomic E-state index is 0.581. The normalized spacial score (nSPS) is 22.8. The third-order valence-electron chi connectivity index (χ3n) is 4.43. The van der Waals surface area contributed by atoms with E-state index in [1.165, 1.54) is 25.7 Å². The predicted molar refractivity (Wildman–Crippen MR) is 88.1 cm³/mol. The van der Waals surface area contributed by atoms with Gasteiger partial charge in [0, 0.05) is 25.0 Å². The number of aryl methyl sites for hydroxylation is 1. The van der Waals surface area contributed by atoms with E-state index in [9.17, 15) is 0 Å². The number of aromatic nitrogens is 3. The van der Waals surface area contributed by atoms with Crippen LogP contribution in [0.5, 0.6) is 0 Å². The zero-order valence-electron chi connectivity index (χ0n) is 12.4. The second-order valence-corrected chi connectivity index (χ2v) is 7.03. The van der Waals surface area contributed by atoms with E-state index in [1.807, 2.05) is 6.07 Å². The van der Waals surface area contributed by atoms with Crippen molar-refractivity contribution in [2.75, 3.05) is 5.88 Å². The van der Waals surface area contributed by atoms with Crippen molar-refractivity contribution >= 4 is 34.4 Å². The Morgan fingerprint density at radius 1 is 1.38 bits per heavy atom. The molecule has 1 fully saturated rings. The summed E-state index contributed by atoms with van der Waals surface area (Å²) >= 11 is 12.0. The van der Waals surface area contributed by atoms with Crippen LogP contribution >= 0.6 is 23.2 Å². The quantitative estimate of drug-likeness (QED) is 0.763. The molecule has 0 N–H and O–H groups in total. The molecule has 0 aromatic carbocycles. The highest BCUT2D eigenvalue weighted by Crippen LogP contribution is 2.31. The van der Waals surface area contributed by atoms with E-state index < -0.39 is 0 Å². The predicted octanol–water partition coefficient (Wildman–Crippen LogP) is 4.69. The molecule has 2 heterocycles. The fraction of sp³-hybridized carbons (Fsp3) is 0.625. The molecule has 0 spiro atoms. The zero-order chi connectivity index (χ0) is 14.8. The number of fused-ring (bicyclic) bond motifs is 1. The molecule has 0 radical (unpaired) electrons. The fourth-order valence-corrected chi connectivity index (χ4v) is 3.81. The lowest BCUT2D eigenvalue weighted by Gasteiger charge is -2.27. The molecule has 1 saturated carbocycles. The van der Waals surface area contributed by atoms with Crippen LogP contribution in [0.2, 0.25) is 5.02 Å². The SMILES string of the molecule is CC1CCCC(Cn2c(CCCl)nc3cc(Cl)cnc32)C1. The summed E-state index contributed by atoms with van der Waals surface area (Å²) < 4.78 is 2.26. The van der Waals surface area contributed by atoms with Gasteiger partial charge in [-0.1, -0.05) is 31.4 Å². The largest absolute Gasteiger partial charge is 0.312 e. The summed E-state index contributed by atoms with van der Waals surface area (Å²) in [5.41, 5.74) is 1.82. The summed E-state index contributed by atoms with van der Waals surface area (Å²) in [4.78, 5) is 9.17. The van der Waals surface area contributed by atoms with E-state index >= 15 is 0 Å². The molecule has 3 rings (SSSR count). The van der Waals surface area contributed by atoms with E-state index in [0.29, 0.717) is 10.9 Å². The molecule has 1 aliphatic rings. The van der Waals surface area contributed by atoms with Crippen LogP contribution in [0.3, 0.4) is 0 Å². The molecule has 114 valence electrons. The van der Waals surface area contributed by atoms with Gasteiger partial charge in [-0.15, -0.1) is 11.6 Å². The van der Waals surface area contributed by atoms with E-state index in [2.05, 4.69) is 21.5 Å². The fourth-order valence-electron chi connectivity index (χ4n) is 3.48. The summed E-state index contributed by atoms with van der Waals surface area (Å²) in [5.74, 6) is 3.17. The first kappa shape index (κ1) is 15.1. The highest BCUT2D eigenvalue weighted by molar-refractivity contribution is 6.31. The molecule has 2 aromatic heterocycles. The smallest absolute Gasteiger partial charge is 0.160 e. The van der Waals surface area contributed by atoms with Crippen molar-refractivity contribution in [3.63, 3.8) is 0 Å². The lowest BCUT2D eigenvalue weighted by molar-refractivity contribution is 0.257. The minimum Gasteiger partial charge on any atom is -0.312 e. The Hall–Kier alpha value is -0.800. The number of pyridine rings is 1. The van der Waals surface area contributed by atoms with E-state index in [4.69, 9.17) is 23.2 Å². The van der Waals surface area contributed by atoms with Gasteiger partial charge >= 0.3 is 0 Å². The maximum absolute atomic E-state index is 6.03. The van der Waals surface area contributed by atoms with Gasteiger partial charge in [-0.25, -0.2) is 9.97 Å². The van der Waals surface area contributed by atoms with Gasteiger partial charge in [0.05, 0.1) is 5.02 Å². The molecular formula is C16H21Cl2N3. The summed E-state index contributed by atoms with van der Waals surface area (Å²) in [7, 11) is 0. The van der Waals surface area contributed by atoms with Crippen LogP contribution < -0.4 is 0 Å². The average Bonchev–Trinajstić information content (AvgIpc) is 2.76. The van der Waals surface area contributed by atoms with Crippen molar-refractivity contribution in [3.8, 4) is 0 Å². The number of rotatable bonds is 4. The van der Waals surface area contributed by atoms with Crippen molar-refractivity contribution in [2.24, 2.45) is 11.8 Å². The monoisotopic (exact) mass is 325 g/mol. The van der Waals surface area contributed by atoms with Gasteiger partial charge in [0.25, 0.3) is 0 Å². The molecule has 0 saturated heterocycles. The molecule has 0 bridgehead atoms. The molecule has 1 aliphatic carbocycles. The zero-order valence-corrected chi connectivity index (χ0v) is 13.9. The van der Waals surface area contributed by atoms with Gasteiger partial charge in [-0.3, -0.25) is 0 Å². The minimum atomic E-state index is 0.581. The van der Waals surface area contributed by atoms with Crippen LogP contribution in [0.25, 0.3) is 11.2 Å². The van der Waals surface area contributed by atoms with Crippen LogP contribution in [0, 0.1) is 11.8 Å². The molecule has 2 atom stereocenters. The second kappa shape index (κ2) is 6.53. The van der Waals surface area contributed by atoms with Crippen molar-refractivity contribution in [3.05, 3.63) is 23.1 Å². The Labute approximate surface area is 135 Å². The first-order chi connectivity index (χ1) is 10.2. The molecule has 21 heavy (non-hydrogen) atoms. The van der Waals surface area contributed by atoms with Crippen molar-refractivity contribution in [1.82, 2.24) is 14.5 Å².